The quantitative estimate of drug-likeness (QED) is 0.278. The van der Waals surface area contributed by atoms with Crippen molar-refractivity contribution in [3.63, 3.8) is 0 Å². The van der Waals surface area contributed by atoms with Crippen molar-refractivity contribution in [2.24, 2.45) is 0 Å². The Balaban J connectivity index is 1.78. The number of alkyl carbamates (subject to hydrolysis) is 1. The van der Waals surface area contributed by atoms with Crippen LogP contribution in [0.4, 0.5) is 4.79 Å². The maximum Gasteiger partial charge on any atom is 0.408 e. The molecule has 3 aromatic carbocycles. The lowest BCUT2D eigenvalue weighted by Gasteiger charge is -2.26. The average molecular weight is 551 g/mol. The van der Waals surface area contributed by atoms with Crippen LogP contribution in [-0.4, -0.2) is 49.4 Å². The molecule has 0 aromatic heterocycles. The Bertz CT molecular complexity index is 1160. The van der Waals surface area contributed by atoms with Crippen LogP contribution in [0.3, 0.4) is 0 Å². The Morgan fingerprint density at radius 3 is 1.77 bits per heavy atom. The number of benzene rings is 3. The van der Waals surface area contributed by atoms with E-state index in [2.05, 4.69) is 10.6 Å². The van der Waals surface area contributed by atoms with Crippen LogP contribution in [-0.2, 0) is 30.0 Å². The summed E-state index contributed by atoms with van der Waals surface area (Å²) in [6.07, 6.45) is -0.539. The molecule has 0 aliphatic carbocycles. The SMILES string of the molecule is COC(=O)[C@H](COP(c1ccccc1)c1ccccc1)NC(=O)[C@H](Cc1ccccc1)NC(=O)OC(C)(C)C. The number of carbonyl (C=O) groups excluding carboxylic acids is 3. The molecule has 0 bridgehead atoms. The normalized spacial score (nSPS) is 12.7. The molecule has 0 aliphatic rings. The first-order valence-electron chi connectivity index (χ1n) is 12.6. The lowest BCUT2D eigenvalue weighted by molar-refractivity contribution is -0.146. The summed E-state index contributed by atoms with van der Waals surface area (Å²) in [5.74, 6) is -1.22. The summed E-state index contributed by atoms with van der Waals surface area (Å²) >= 11 is 0. The molecule has 8 nitrogen and oxygen atoms in total. The van der Waals surface area contributed by atoms with Gasteiger partial charge in [-0.1, -0.05) is 91.0 Å². The van der Waals surface area contributed by atoms with E-state index in [0.29, 0.717) is 0 Å². The molecular weight excluding hydrogens is 515 g/mol. The fourth-order valence-corrected chi connectivity index (χ4v) is 5.45. The van der Waals surface area contributed by atoms with Gasteiger partial charge in [0.25, 0.3) is 0 Å². The molecule has 0 saturated carbocycles. The Labute approximate surface area is 230 Å². The molecule has 2 N–H and O–H groups in total. The molecule has 39 heavy (non-hydrogen) atoms. The van der Waals surface area contributed by atoms with Crippen LogP contribution < -0.4 is 21.2 Å². The number of hydrogen-bond donors (Lipinski definition) is 2. The van der Waals surface area contributed by atoms with Crippen molar-refractivity contribution in [1.29, 1.82) is 0 Å². The van der Waals surface area contributed by atoms with Crippen LogP contribution in [0.5, 0.6) is 0 Å². The van der Waals surface area contributed by atoms with E-state index in [1.807, 2.05) is 91.0 Å². The maximum absolute atomic E-state index is 13.4. The van der Waals surface area contributed by atoms with E-state index in [9.17, 15) is 14.4 Å². The lowest BCUT2D eigenvalue weighted by Crippen LogP contribution is -2.54. The van der Waals surface area contributed by atoms with E-state index in [1.54, 1.807) is 20.8 Å². The molecule has 0 fully saturated rings. The van der Waals surface area contributed by atoms with Crippen LogP contribution in [0.15, 0.2) is 91.0 Å². The second-order valence-corrected chi connectivity index (χ2v) is 11.6. The van der Waals surface area contributed by atoms with Gasteiger partial charge in [-0.3, -0.25) is 4.79 Å². The zero-order chi connectivity index (χ0) is 28.3. The Morgan fingerprint density at radius 2 is 1.28 bits per heavy atom. The molecule has 2 atom stereocenters. The van der Waals surface area contributed by atoms with Crippen molar-refractivity contribution in [2.75, 3.05) is 13.7 Å². The first-order valence-corrected chi connectivity index (χ1v) is 13.9. The molecular formula is C30H35N2O6P. The number of amides is 2. The Hall–Kier alpha value is -3.74. The van der Waals surface area contributed by atoms with E-state index < -0.39 is 43.8 Å². The predicted molar refractivity (Wildman–Crippen MR) is 152 cm³/mol. The van der Waals surface area contributed by atoms with Crippen molar-refractivity contribution >= 4 is 36.7 Å². The average Bonchev–Trinajstić information content (AvgIpc) is 2.92. The number of methoxy groups -OCH3 is 1. The van der Waals surface area contributed by atoms with Gasteiger partial charge in [-0.2, -0.15) is 0 Å². The molecule has 2 amide bonds. The first-order chi connectivity index (χ1) is 18.7. The summed E-state index contributed by atoms with van der Waals surface area (Å²) in [6, 6.07) is 26.5. The Kier molecular flexibility index (Phi) is 11.0. The molecule has 0 heterocycles. The van der Waals surface area contributed by atoms with Gasteiger partial charge in [0.15, 0.2) is 6.04 Å². The van der Waals surface area contributed by atoms with Crippen LogP contribution in [0.2, 0.25) is 0 Å². The third-order valence-corrected chi connectivity index (χ3v) is 7.39. The van der Waals surface area contributed by atoms with Crippen LogP contribution >= 0.6 is 8.15 Å². The van der Waals surface area contributed by atoms with E-state index in [-0.39, 0.29) is 13.0 Å². The van der Waals surface area contributed by atoms with Gasteiger partial charge in [0.1, 0.15) is 11.6 Å². The third kappa shape index (κ3) is 9.82. The fourth-order valence-electron chi connectivity index (χ4n) is 3.67. The number of nitrogens with one attached hydrogen (secondary N) is 2. The van der Waals surface area contributed by atoms with Crippen molar-refractivity contribution in [2.45, 2.75) is 44.9 Å². The van der Waals surface area contributed by atoms with Crippen LogP contribution in [0, 0.1) is 0 Å². The minimum absolute atomic E-state index is 0.127. The highest BCUT2D eigenvalue weighted by atomic mass is 31.1. The highest BCUT2D eigenvalue weighted by molar-refractivity contribution is 7.68. The minimum atomic E-state index is -1.27. The van der Waals surface area contributed by atoms with Gasteiger partial charge in [-0.15, -0.1) is 0 Å². The van der Waals surface area contributed by atoms with Crippen molar-refractivity contribution < 1.29 is 28.4 Å². The van der Waals surface area contributed by atoms with Crippen LogP contribution in [0.1, 0.15) is 26.3 Å². The fraction of sp³-hybridized carbons (Fsp3) is 0.300. The predicted octanol–water partition coefficient (Wildman–Crippen LogP) is 3.84. The zero-order valence-electron chi connectivity index (χ0n) is 22.6. The van der Waals surface area contributed by atoms with Crippen LogP contribution in [0.25, 0.3) is 0 Å². The second kappa shape index (κ2) is 14.4. The summed E-state index contributed by atoms with van der Waals surface area (Å²) in [6.45, 7) is 5.09. The summed E-state index contributed by atoms with van der Waals surface area (Å²) in [5.41, 5.74) is 0.0861. The molecule has 0 unspecified atom stereocenters. The van der Waals surface area contributed by atoms with Gasteiger partial charge in [-0.05, 0) is 26.3 Å². The minimum Gasteiger partial charge on any atom is -0.467 e. The number of rotatable bonds is 11. The van der Waals surface area contributed by atoms with E-state index in [1.165, 1.54) is 7.11 Å². The topological polar surface area (TPSA) is 103 Å². The molecule has 3 rings (SSSR count). The van der Waals surface area contributed by atoms with E-state index in [4.69, 9.17) is 14.0 Å². The molecule has 206 valence electrons. The molecule has 0 saturated heterocycles. The second-order valence-electron chi connectivity index (χ2n) is 9.73. The van der Waals surface area contributed by atoms with E-state index >= 15 is 0 Å². The highest BCUT2D eigenvalue weighted by Gasteiger charge is 2.30. The van der Waals surface area contributed by atoms with Gasteiger partial charge < -0.3 is 24.6 Å². The van der Waals surface area contributed by atoms with Crippen molar-refractivity contribution in [1.82, 2.24) is 10.6 Å². The lowest BCUT2D eigenvalue weighted by atomic mass is 10.0. The molecule has 0 aliphatic heterocycles. The van der Waals surface area contributed by atoms with Gasteiger partial charge in [0.05, 0.1) is 21.9 Å². The Morgan fingerprint density at radius 1 is 0.769 bits per heavy atom. The van der Waals surface area contributed by atoms with Gasteiger partial charge in [-0.25, -0.2) is 9.59 Å². The molecule has 9 heteroatoms. The largest absolute Gasteiger partial charge is 0.467 e. The molecule has 3 aromatic rings. The van der Waals surface area contributed by atoms with Gasteiger partial charge >= 0.3 is 12.1 Å². The smallest absolute Gasteiger partial charge is 0.408 e. The number of carbonyl (C=O) groups is 3. The highest BCUT2D eigenvalue weighted by Crippen LogP contribution is 2.34. The molecule has 0 radical (unpaired) electrons. The maximum atomic E-state index is 13.4. The molecule has 0 spiro atoms. The summed E-state index contributed by atoms with van der Waals surface area (Å²) in [4.78, 5) is 38.7. The first kappa shape index (κ1) is 29.8. The monoisotopic (exact) mass is 550 g/mol. The number of hydrogen-bond acceptors (Lipinski definition) is 6. The van der Waals surface area contributed by atoms with Gasteiger partial charge in [0, 0.05) is 17.0 Å². The third-order valence-electron chi connectivity index (χ3n) is 5.44. The standard InChI is InChI=1S/C30H35N2O6P/c1-30(2,3)38-29(35)32-25(20-22-14-8-5-9-15-22)27(33)31-26(28(34)36-4)21-37-39(23-16-10-6-11-17-23)24-18-12-7-13-19-24/h5-19,25-26H,20-21H2,1-4H3,(H,31,33)(H,32,35)/t25-,26-/m0/s1. The zero-order valence-corrected chi connectivity index (χ0v) is 23.5. The summed E-state index contributed by atoms with van der Waals surface area (Å²) in [5, 5.41) is 7.28. The van der Waals surface area contributed by atoms with Crippen molar-refractivity contribution in [3.05, 3.63) is 96.6 Å². The van der Waals surface area contributed by atoms with E-state index in [0.717, 1.165) is 16.2 Å². The number of esters is 1. The van der Waals surface area contributed by atoms with Gasteiger partial charge in [0.2, 0.25) is 5.91 Å². The summed E-state index contributed by atoms with van der Waals surface area (Å²) < 4.78 is 16.6. The summed E-state index contributed by atoms with van der Waals surface area (Å²) in [7, 11) is -0.0226. The van der Waals surface area contributed by atoms with Crippen molar-refractivity contribution in [3.8, 4) is 0 Å². The number of ether oxygens (including phenoxy) is 2.